The molecule has 1 aromatic rings. The summed E-state index contributed by atoms with van der Waals surface area (Å²) in [5, 5.41) is 9.08. The van der Waals surface area contributed by atoms with Crippen LogP contribution in [0.1, 0.15) is 29.6 Å². The zero-order valence-electron chi connectivity index (χ0n) is 9.67. The number of hydrogen-bond donors (Lipinski definition) is 1. The van der Waals surface area contributed by atoms with Crippen molar-refractivity contribution in [3.63, 3.8) is 0 Å². The second-order valence-electron chi connectivity index (χ2n) is 4.22. The van der Waals surface area contributed by atoms with E-state index in [0.717, 1.165) is 25.1 Å². The molecule has 1 aliphatic rings. The highest BCUT2D eigenvalue weighted by atomic mass is 19.1. The summed E-state index contributed by atoms with van der Waals surface area (Å²) < 4.78 is 12.7. The average molecular weight is 252 g/mol. The predicted molar refractivity (Wildman–Crippen MR) is 60.5 cm³/mol. The van der Waals surface area contributed by atoms with Crippen molar-refractivity contribution in [2.75, 3.05) is 6.54 Å². The SMILES string of the molecule is O=C(O)[C@H]1CCCCN1C(=O)c1ccc(F)nc1. The minimum absolute atomic E-state index is 0.213. The largest absolute Gasteiger partial charge is 0.480 e. The van der Waals surface area contributed by atoms with Crippen LogP contribution in [0.5, 0.6) is 0 Å². The monoisotopic (exact) mass is 252 g/mol. The van der Waals surface area contributed by atoms with Crippen LogP contribution in [0.4, 0.5) is 4.39 Å². The summed E-state index contributed by atoms with van der Waals surface area (Å²) >= 11 is 0. The summed E-state index contributed by atoms with van der Waals surface area (Å²) in [5.41, 5.74) is 0.213. The Labute approximate surface area is 103 Å². The molecule has 0 radical (unpaired) electrons. The molecule has 0 aliphatic carbocycles. The van der Waals surface area contributed by atoms with Crippen LogP contribution < -0.4 is 0 Å². The summed E-state index contributed by atoms with van der Waals surface area (Å²) in [6.07, 6.45) is 3.16. The van der Waals surface area contributed by atoms with Crippen molar-refractivity contribution in [2.24, 2.45) is 0 Å². The van der Waals surface area contributed by atoms with E-state index < -0.39 is 23.9 Å². The highest BCUT2D eigenvalue weighted by Crippen LogP contribution is 2.19. The molecule has 1 saturated heterocycles. The molecule has 6 heteroatoms. The number of aliphatic carboxylic acids is 1. The molecular formula is C12H13FN2O3. The van der Waals surface area contributed by atoms with Crippen molar-refractivity contribution in [2.45, 2.75) is 25.3 Å². The summed E-state index contributed by atoms with van der Waals surface area (Å²) in [7, 11) is 0. The fraction of sp³-hybridized carbons (Fsp3) is 0.417. The first-order chi connectivity index (χ1) is 8.59. The molecule has 1 atom stereocenters. The molecule has 1 fully saturated rings. The Morgan fingerprint density at radius 2 is 2.17 bits per heavy atom. The second-order valence-corrected chi connectivity index (χ2v) is 4.22. The van der Waals surface area contributed by atoms with Crippen LogP contribution in [0.2, 0.25) is 0 Å². The van der Waals surface area contributed by atoms with Crippen LogP contribution in [-0.4, -0.2) is 39.5 Å². The number of rotatable bonds is 2. The number of carbonyl (C=O) groups is 2. The van der Waals surface area contributed by atoms with E-state index in [0.29, 0.717) is 13.0 Å². The van der Waals surface area contributed by atoms with Gasteiger partial charge in [0.15, 0.2) is 0 Å². The third-order valence-electron chi connectivity index (χ3n) is 3.02. The Hall–Kier alpha value is -1.98. The topological polar surface area (TPSA) is 70.5 Å². The minimum atomic E-state index is -1.00. The standard InChI is InChI=1S/C12H13FN2O3/c13-10-5-4-8(7-14-10)11(16)15-6-2-1-3-9(15)12(17)18/h4-5,7,9H,1-3,6H2,(H,17,18)/t9-/m1/s1. The van der Waals surface area contributed by atoms with Gasteiger partial charge in [0.25, 0.3) is 5.91 Å². The fourth-order valence-electron chi connectivity index (χ4n) is 2.10. The van der Waals surface area contributed by atoms with E-state index in [1.807, 2.05) is 0 Å². The number of piperidine rings is 1. The van der Waals surface area contributed by atoms with Crippen molar-refractivity contribution < 1.29 is 19.1 Å². The van der Waals surface area contributed by atoms with E-state index in [1.54, 1.807) is 0 Å². The maximum Gasteiger partial charge on any atom is 0.326 e. The Morgan fingerprint density at radius 3 is 2.78 bits per heavy atom. The lowest BCUT2D eigenvalue weighted by molar-refractivity contribution is -0.143. The Kier molecular flexibility index (Phi) is 3.55. The first-order valence-electron chi connectivity index (χ1n) is 5.75. The molecule has 18 heavy (non-hydrogen) atoms. The van der Waals surface area contributed by atoms with Gasteiger partial charge in [-0.3, -0.25) is 4.79 Å². The van der Waals surface area contributed by atoms with E-state index in [9.17, 15) is 14.0 Å². The van der Waals surface area contributed by atoms with Gasteiger partial charge in [-0.2, -0.15) is 4.39 Å². The lowest BCUT2D eigenvalue weighted by Crippen LogP contribution is -2.48. The van der Waals surface area contributed by atoms with E-state index in [2.05, 4.69) is 4.98 Å². The molecular weight excluding hydrogens is 239 g/mol. The summed E-state index contributed by atoms with van der Waals surface area (Å²) in [5.74, 6) is -2.08. The van der Waals surface area contributed by atoms with Crippen molar-refractivity contribution in [1.82, 2.24) is 9.88 Å². The van der Waals surface area contributed by atoms with Gasteiger partial charge < -0.3 is 10.0 Å². The summed E-state index contributed by atoms with van der Waals surface area (Å²) in [6, 6.07) is 1.61. The number of carboxylic acid groups (broad SMARTS) is 1. The number of carboxylic acids is 1. The van der Waals surface area contributed by atoms with Crippen LogP contribution in [-0.2, 0) is 4.79 Å². The predicted octanol–water partition coefficient (Wildman–Crippen LogP) is 1.30. The molecule has 1 amide bonds. The van der Waals surface area contributed by atoms with E-state index >= 15 is 0 Å². The van der Waals surface area contributed by atoms with Gasteiger partial charge in [-0.1, -0.05) is 0 Å². The van der Waals surface area contributed by atoms with E-state index in [4.69, 9.17) is 5.11 Å². The third-order valence-corrected chi connectivity index (χ3v) is 3.02. The van der Waals surface area contributed by atoms with E-state index in [-0.39, 0.29) is 5.56 Å². The van der Waals surface area contributed by atoms with Crippen LogP contribution in [0.15, 0.2) is 18.3 Å². The van der Waals surface area contributed by atoms with Crippen LogP contribution in [0.3, 0.4) is 0 Å². The molecule has 0 bridgehead atoms. The van der Waals surface area contributed by atoms with Gasteiger partial charge >= 0.3 is 5.97 Å². The zero-order chi connectivity index (χ0) is 13.1. The van der Waals surface area contributed by atoms with Gasteiger partial charge in [-0.15, -0.1) is 0 Å². The molecule has 0 aromatic carbocycles. The normalized spacial score (nSPS) is 19.6. The summed E-state index contributed by atoms with van der Waals surface area (Å²) in [4.78, 5) is 27.9. The molecule has 2 heterocycles. The van der Waals surface area contributed by atoms with Gasteiger partial charge in [-0.25, -0.2) is 9.78 Å². The fourth-order valence-corrected chi connectivity index (χ4v) is 2.10. The smallest absolute Gasteiger partial charge is 0.326 e. The Morgan fingerprint density at radius 1 is 1.39 bits per heavy atom. The van der Waals surface area contributed by atoms with Crippen LogP contribution in [0, 0.1) is 5.95 Å². The molecule has 0 unspecified atom stereocenters. The number of halogens is 1. The first-order valence-corrected chi connectivity index (χ1v) is 5.75. The van der Waals surface area contributed by atoms with Crippen molar-refractivity contribution in [3.8, 4) is 0 Å². The van der Waals surface area contributed by atoms with Crippen molar-refractivity contribution >= 4 is 11.9 Å². The lowest BCUT2D eigenvalue weighted by Gasteiger charge is -2.32. The Bertz CT molecular complexity index is 461. The zero-order valence-corrected chi connectivity index (χ0v) is 9.67. The van der Waals surface area contributed by atoms with Crippen LogP contribution >= 0.6 is 0 Å². The van der Waals surface area contributed by atoms with Gasteiger partial charge in [0.2, 0.25) is 5.95 Å². The minimum Gasteiger partial charge on any atom is -0.480 e. The molecule has 0 saturated carbocycles. The molecule has 1 aliphatic heterocycles. The molecule has 96 valence electrons. The number of aromatic nitrogens is 1. The van der Waals surface area contributed by atoms with Gasteiger partial charge in [0.1, 0.15) is 6.04 Å². The molecule has 2 rings (SSSR count). The first kappa shape index (κ1) is 12.5. The third kappa shape index (κ3) is 2.47. The maximum atomic E-state index is 12.7. The number of nitrogens with zero attached hydrogens (tertiary/aromatic N) is 2. The van der Waals surface area contributed by atoms with Crippen molar-refractivity contribution in [3.05, 3.63) is 29.8 Å². The number of likely N-dealkylation sites (tertiary alicyclic amines) is 1. The van der Waals surface area contributed by atoms with Gasteiger partial charge in [0, 0.05) is 12.7 Å². The molecule has 1 aromatic heterocycles. The lowest BCUT2D eigenvalue weighted by atomic mass is 10.0. The van der Waals surface area contributed by atoms with Crippen molar-refractivity contribution in [1.29, 1.82) is 0 Å². The molecule has 5 nitrogen and oxygen atoms in total. The highest BCUT2D eigenvalue weighted by molar-refractivity contribution is 5.96. The van der Waals surface area contributed by atoms with E-state index in [1.165, 1.54) is 11.0 Å². The number of hydrogen-bond acceptors (Lipinski definition) is 3. The second kappa shape index (κ2) is 5.12. The summed E-state index contributed by atoms with van der Waals surface area (Å²) in [6.45, 7) is 0.410. The van der Waals surface area contributed by atoms with Gasteiger partial charge in [-0.05, 0) is 31.4 Å². The molecule has 1 N–H and O–H groups in total. The Balaban J connectivity index is 2.20. The number of amides is 1. The quantitative estimate of drug-likeness (QED) is 0.805. The molecule has 0 spiro atoms. The number of carbonyl (C=O) groups excluding carboxylic acids is 1. The van der Waals surface area contributed by atoms with Gasteiger partial charge in [0.05, 0.1) is 5.56 Å². The highest BCUT2D eigenvalue weighted by Gasteiger charge is 2.32. The maximum absolute atomic E-state index is 12.7. The number of pyridine rings is 1. The average Bonchev–Trinajstić information content (AvgIpc) is 2.39. The van der Waals surface area contributed by atoms with Crippen LogP contribution in [0.25, 0.3) is 0 Å².